The Morgan fingerprint density at radius 2 is 1.48 bits per heavy atom. The Labute approximate surface area is 233 Å². The maximum atomic E-state index is 13.0. The standard InChI is InChI=1S/C22H14I4O5/c23-15-9-19(27)16(24)8-14(15)21(29)13-6-17(25)22(18(26)7-13)31-11-20(28)30-10-12-4-2-1-3-5-12/h1-9,27H,10-11H2. The maximum Gasteiger partial charge on any atom is 0.344 e. The fraction of sp³-hybridized carbons (Fsp3) is 0.0909. The summed E-state index contributed by atoms with van der Waals surface area (Å²) < 4.78 is 13.6. The van der Waals surface area contributed by atoms with E-state index in [0.717, 1.165) is 5.56 Å². The predicted octanol–water partition coefficient (Wildman–Crippen LogP) is 6.16. The zero-order valence-corrected chi connectivity index (χ0v) is 24.3. The van der Waals surface area contributed by atoms with E-state index in [-0.39, 0.29) is 24.7 Å². The number of ether oxygens (including phenoxy) is 2. The molecule has 3 aromatic carbocycles. The van der Waals surface area contributed by atoms with Gasteiger partial charge < -0.3 is 14.6 Å². The second-order valence-corrected chi connectivity index (χ2v) is 11.0. The van der Waals surface area contributed by atoms with Gasteiger partial charge in [-0.2, -0.15) is 0 Å². The number of hydrogen-bond donors (Lipinski definition) is 1. The number of esters is 1. The van der Waals surface area contributed by atoms with E-state index in [1.54, 1.807) is 24.3 Å². The lowest BCUT2D eigenvalue weighted by Gasteiger charge is -2.13. The molecule has 0 unspecified atom stereocenters. The van der Waals surface area contributed by atoms with Gasteiger partial charge in [0.15, 0.2) is 12.4 Å². The van der Waals surface area contributed by atoms with Crippen LogP contribution >= 0.6 is 90.4 Å². The number of halogens is 4. The Balaban J connectivity index is 1.69. The number of carbonyl (C=O) groups excluding carboxylic acids is 2. The Morgan fingerprint density at radius 3 is 2.13 bits per heavy atom. The number of ketones is 1. The van der Waals surface area contributed by atoms with Crippen molar-refractivity contribution in [2.75, 3.05) is 6.61 Å². The number of rotatable bonds is 7. The highest BCUT2D eigenvalue weighted by Crippen LogP contribution is 2.32. The van der Waals surface area contributed by atoms with Gasteiger partial charge in [0.25, 0.3) is 0 Å². The molecular formula is C22H14I4O5. The quantitative estimate of drug-likeness (QED) is 0.175. The van der Waals surface area contributed by atoms with Crippen LogP contribution in [0.4, 0.5) is 0 Å². The first-order valence-corrected chi connectivity index (χ1v) is 13.1. The molecule has 9 heteroatoms. The minimum absolute atomic E-state index is 0.146. The predicted molar refractivity (Wildman–Crippen MR) is 151 cm³/mol. The lowest BCUT2D eigenvalue weighted by atomic mass is 10.0. The van der Waals surface area contributed by atoms with Crippen LogP contribution in [-0.4, -0.2) is 23.5 Å². The molecule has 0 saturated heterocycles. The lowest BCUT2D eigenvalue weighted by molar-refractivity contribution is -0.147. The summed E-state index contributed by atoms with van der Waals surface area (Å²) in [5.41, 5.74) is 1.93. The normalized spacial score (nSPS) is 10.6. The van der Waals surface area contributed by atoms with Crippen molar-refractivity contribution in [3.05, 3.63) is 85.6 Å². The van der Waals surface area contributed by atoms with Crippen LogP contribution < -0.4 is 4.74 Å². The molecule has 0 aliphatic carbocycles. The molecule has 3 rings (SSSR count). The van der Waals surface area contributed by atoms with Crippen molar-refractivity contribution in [2.24, 2.45) is 0 Å². The van der Waals surface area contributed by atoms with Crippen molar-refractivity contribution < 1.29 is 24.2 Å². The van der Waals surface area contributed by atoms with Crippen molar-refractivity contribution in [3.63, 3.8) is 0 Å². The van der Waals surface area contributed by atoms with Crippen LogP contribution in [0.1, 0.15) is 21.5 Å². The molecule has 0 atom stereocenters. The van der Waals surface area contributed by atoms with E-state index in [2.05, 4.69) is 45.2 Å². The molecule has 160 valence electrons. The molecule has 5 nitrogen and oxygen atoms in total. The van der Waals surface area contributed by atoms with Crippen molar-refractivity contribution in [1.29, 1.82) is 0 Å². The summed E-state index contributed by atoms with van der Waals surface area (Å²) in [7, 11) is 0. The third-order valence-corrected chi connectivity index (χ3v) is 7.48. The summed E-state index contributed by atoms with van der Waals surface area (Å²) in [4.78, 5) is 25.1. The van der Waals surface area contributed by atoms with Gasteiger partial charge in [-0.25, -0.2) is 4.79 Å². The average molecular weight is 866 g/mol. The SMILES string of the molecule is O=C(COc1c(I)cc(C(=O)c2cc(I)c(O)cc2I)cc1I)OCc1ccccc1. The molecule has 0 fully saturated rings. The van der Waals surface area contributed by atoms with Gasteiger partial charge in [-0.05, 0) is 120 Å². The molecule has 0 bridgehead atoms. The van der Waals surface area contributed by atoms with Crippen LogP contribution in [0.25, 0.3) is 0 Å². The van der Waals surface area contributed by atoms with Crippen LogP contribution in [0, 0.1) is 14.3 Å². The van der Waals surface area contributed by atoms with E-state index in [1.807, 2.05) is 75.5 Å². The number of benzene rings is 3. The minimum Gasteiger partial charge on any atom is -0.507 e. The Kier molecular flexibility index (Phi) is 9.22. The zero-order valence-electron chi connectivity index (χ0n) is 15.7. The molecular weight excluding hydrogens is 852 g/mol. The number of carbonyl (C=O) groups is 2. The van der Waals surface area contributed by atoms with Gasteiger partial charge >= 0.3 is 5.97 Å². The third-order valence-electron chi connectivity index (χ3n) is 4.12. The molecule has 0 aliphatic heterocycles. The van der Waals surface area contributed by atoms with Crippen LogP contribution in [-0.2, 0) is 16.1 Å². The van der Waals surface area contributed by atoms with Gasteiger partial charge in [0, 0.05) is 14.7 Å². The van der Waals surface area contributed by atoms with Crippen LogP contribution in [0.5, 0.6) is 11.5 Å². The van der Waals surface area contributed by atoms with Gasteiger partial charge in [0.05, 0.1) is 10.7 Å². The lowest BCUT2D eigenvalue weighted by Crippen LogP contribution is -2.16. The maximum absolute atomic E-state index is 13.0. The first kappa shape index (κ1) is 25.0. The topological polar surface area (TPSA) is 72.8 Å². The molecule has 0 aliphatic rings. The van der Waals surface area contributed by atoms with Gasteiger partial charge in [-0.3, -0.25) is 4.79 Å². The van der Waals surface area contributed by atoms with Crippen LogP contribution in [0.3, 0.4) is 0 Å². The summed E-state index contributed by atoms with van der Waals surface area (Å²) in [5.74, 6) is 0.0637. The second-order valence-electron chi connectivity index (χ2n) is 6.32. The molecule has 0 amide bonds. The monoisotopic (exact) mass is 866 g/mol. The molecule has 1 N–H and O–H groups in total. The summed E-state index contributed by atoms with van der Waals surface area (Å²) in [6.45, 7) is -0.0328. The number of phenols is 1. The number of hydrogen-bond acceptors (Lipinski definition) is 5. The molecule has 0 saturated carbocycles. The Hall–Kier alpha value is -0.680. The fourth-order valence-electron chi connectivity index (χ4n) is 2.61. The zero-order chi connectivity index (χ0) is 22.5. The molecule has 0 spiro atoms. The van der Waals surface area contributed by atoms with E-state index in [0.29, 0.717) is 31.2 Å². The summed E-state index contributed by atoms with van der Waals surface area (Å²) in [6.07, 6.45) is 0. The molecule has 3 aromatic rings. The van der Waals surface area contributed by atoms with E-state index in [1.165, 1.54) is 0 Å². The number of phenolic OH excluding ortho intramolecular Hbond substituents is 1. The van der Waals surface area contributed by atoms with Gasteiger partial charge in [-0.15, -0.1) is 0 Å². The molecule has 0 radical (unpaired) electrons. The molecule has 0 aromatic heterocycles. The summed E-state index contributed by atoms with van der Waals surface area (Å²) in [5, 5.41) is 9.83. The Bertz CT molecular complexity index is 1110. The first-order valence-electron chi connectivity index (χ1n) is 8.80. The molecule has 31 heavy (non-hydrogen) atoms. The van der Waals surface area contributed by atoms with Crippen molar-refractivity contribution in [1.82, 2.24) is 0 Å². The van der Waals surface area contributed by atoms with Gasteiger partial charge in [0.1, 0.15) is 18.1 Å². The number of aromatic hydroxyl groups is 1. The van der Waals surface area contributed by atoms with Crippen molar-refractivity contribution in [3.8, 4) is 11.5 Å². The van der Waals surface area contributed by atoms with Crippen LogP contribution in [0.15, 0.2) is 54.6 Å². The highest BCUT2D eigenvalue weighted by Gasteiger charge is 2.19. The highest BCUT2D eigenvalue weighted by atomic mass is 127. The Morgan fingerprint density at radius 1 is 0.839 bits per heavy atom. The van der Waals surface area contributed by atoms with Crippen molar-refractivity contribution >= 4 is 102 Å². The average Bonchev–Trinajstić information content (AvgIpc) is 2.74. The van der Waals surface area contributed by atoms with Gasteiger partial charge in [0.2, 0.25) is 0 Å². The first-order chi connectivity index (χ1) is 14.8. The second kappa shape index (κ2) is 11.4. The summed E-state index contributed by atoms with van der Waals surface area (Å²) >= 11 is 8.20. The molecule has 0 heterocycles. The largest absolute Gasteiger partial charge is 0.507 e. The van der Waals surface area contributed by atoms with E-state index >= 15 is 0 Å². The third kappa shape index (κ3) is 6.66. The van der Waals surface area contributed by atoms with Crippen LogP contribution in [0.2, 0.25) is 0 Å². The van der Waals surface area contributed by atoms with E-state index < -0.39 is 5.97 Å². The smallest absolute Gasteiger partial charge is 0.344 e. The highest BCUT2D eigenvalue weighted by molar-refractivity contribution is 14.1. The fourth-order valence-corrected chi connectivity index (χ4v) is 5.85. The minimum atomic E-state index is -0.469. The van der Waals surface area contributed by atoms with E-state index in [9.17, 15) is 14.7 Å². The van der Waals surface area contributed by atoms with Gasteiger partial charge in [-0.1, -0.05) is 30.3 Å². The summed E-state index contributed by atoms with van der Waals surface area (Å²) in [6, 6.07) is 16.1. The van der Waals surface area contributed by atoms with Crippen molar-refractivity contribution in [2.45, 2.75) is 6.61 Å². The van der Waals surface area contributed by atoms with E-state index in [4.69, 9.17) is 9.47 Å².